The third kappa shape index (κ3) is 5.52. The fourth-order valence-corrected chi connectivity index (χ4v) is 4.16. The van der Waals surface area contributed by atoms with E-state index in [1.54, 1.807) is 0 Å². The van der Waals surface area contributed by atoms with Crippen molar-refractivity contribution in [2.75, 3.05) is 0 Å². The van der Waals surface area contributed by atoms with Gasteiger partial charge in [0.1, 0.15) is 0 Å². The summed E-state index contributed by atoms with van der Waals surface area (Å²) in [5.74, 6) is 13.4. The van der Waals surface area contributed by atoms with Crippen molar-refractivity contribution in [3.05, 3.63) is 71.8 Å². The highest BCUT2D eigenvalue weighted by atomic mass is 14.1. The Morgan fingerprint density at radius 1 is 0.469 bits per heavy atom. The van der Waals surface area contributed by atoms with Crippen molar-refractivity contribution in [2.24, 2.45) is 0 Å². The van der Waals surface area contributed by atoms with Gasteiger partial charge in [-0.2, -0.15) is 0 Å². The second-order valence-electron chi connectivity index (χ2n) is 8.69. The van der Waals surface area contributed by atoms with E-state index in [0.717, 1.165) is 24.0 Å². The van der Waals surface area contributed by atoms with Crippen LogP contribution >= 0.6 is 0 Å². The molecule has 4 rings (SSSR count). The summed E-state index contributed by atoms with van der Waals surface area (Å²) in [7, 11) is 0. The number of rotatable bonds is 6. The zero-order valence-electron chi connectivity index (χ0n) is 19.4. The van der Waals surface area contributed by atoms with Gasteiger partial charge < -0.3 is 0 Å². The molecule has 0 atom stereocenters. The standard InChI is InChI=1S/C32H32/c1-3-5-7-9-11-13-25-15-17-27-21-32-24-30-20-26(14-12-10-8-6-4-2)16-18-28(30)22-31(32)23-29(27)19-25/h15-24H,3-10H2,1-2H3. The molecule has 0 aromatic heterocycles. The summed E-state index contributed by atoms with van der Waals surface area (Å²) < 4.78 is 0. The van der Waals surface area contributed by atoms with E-state index >= 15 is 0 Å². The molecule has 0 amide bonds. The predicted molar refractivity (Wildman–Crippen MR) is 141 cm³/mol. The van der Waals surface area contributed by atoms with Crippen LogP contribution in [0, 0.1) is 23.7 Å². The molecule has 0 radical (unpaired) electrons. The first kappa shape index (κ1) is 22.0. The first-order valence-corrected chi connectivity index (χ1v) is 12.2. The smallest absolute Gasteiger partial charge is 0.0251 e. The maximum atomic E-state index is 3.34. The van der Waals surface area contributed by atoms with Crippen molar-refractivity contribution in [3.63, 3.8) is 0 Å². The quantitative estimate of drug-likeness (QED) is 0.167. The van der Waals surface area contributed by atoms with E-state index in [4.69, 9.17) is 0 Å². The van der Waals surface area contributed by atoms with Crippen molar-refractivity contribution < 1.29 is 0 Å². The van der Waals surface area contributed by atoms with E-state index < -0.39 is 0 Å². The summed E-state index contributed by atoms with van der Waals surface area (Å²) in [5, 5.41) is 7.59. The Bertz CT molecular complexity index is 1240. The molecule has 0 saturated heterocycles. The Balaban J connectivity index is 1.61. The highest BCUT2D eigenvalue weighted by molar-refractivity contribution is 6.05. The molecule has 4 aromatic rings. The van der Waals surface area contributed by atoms with Gasteiger partial charge in [-0.05, 0) is 93.7 Å². The first-order valence-electron chi connectivity index (χ1n) is 12.2. The number of hydrogen-bond acceptors (Lipinski definition) is 0. The summed E-state index contributed by atoms with van der Waals surface area (Å²) in [6.45, 7) is 4.46. The molecule has 0 aliphatic carbocycles. The zero-order valence-corrected chi connectivity index (χ0v) is 19.4. The van der Waals surface area contributed by atoms with E-state index in [1.165, 1.54) is 70.8 Å². The molecule has 160 valence electrons. The molecule has 0 saturated carbocycles. The Morgan fingerprint density at radius 2 is 0.875 bits per heavy atom. The highest BCUT2D eigenvalue weighted by Gasteiger charge is 2.03. The Kier molecular flexibility index (Phi) is 7.48. The van der Waals surface area contributed by atoms with Gasteiger partial charge in [-0.25, -0.2) is 0 Å². The van der Waals surface area contributed by atoms with Crippen molar-refractivity contribution >= 4 is 32.3 Å². The normalized spacial score (nSPS) is 10.7. The third-order valence-corrected chi connectivity index (χ3v) is 6.03. The highest BCUT2D eigenvalue weighted by Crippen LogP contribution is 2.28. The van der Waals surface area contributed by atoms with E-state index in [-0.39, 0.29) is 0 Å². The van der Waals surface area contributed by atoms with Gasteiger partial charge in [0.25, 0.3) is 0 Å². The Hall–Kier alpha value is -3.22. The summed E-state index contributed by atoms with van der Waals surface area (Å²) in [5.41, 5.74) is 2.22. The van der Waals surface area contributed by atoms with Crippen molar-refractivity contribution in [3.8, 4) is 23.7 Å². The second kappa shape index (κ2) is 10.9. The maximum absolute atomic E-state index is 3.34. The van der Waals surface area contributed by atoms with Crippen LogP contribution in [0.5, 0.6) is 0 Å². The molecule has 4 aromatic carbocycles. The first-order chi connectivity index (χ1) is 15.8. The van der Waals surface area contributed by atoms with Crippen LogP contribution in [0.4, 0.5) is 0 Å². The molecule has 0 heterocycles. The largest absolute Gasteiger partial charge is 0.0979 e. The number of fused-ring (bicyclic) bond motifs is 3. The lowest BCUT2D eigenvalue weighted by atomic mass is 9.98. The summed E-state index contributed by atoms with van der Waals surface area (Å²) in [6.07, 6.45) is 9.38. The van der Waals surface area contributed by atoms with Gasteiger partial charge in [-0.15, -0.1) is 0 Å². The Morgan fingerprint density at radius 3 is 1.31 bits per heavy atom. The lowest BCUT2D eigenvalue weighted by Crippen LogP contribution is -1.82. The van der Waals surface area contributed by atoms with Gasteiger partial charge in [0.05, 0.1) is 0 Å². The number of unbranched alkanes of at least 4 members (excludes halogenated alkanes) is 6. The summed E-state index contributed by atoms with van der Waals surface area (Å²) in [6, 6.07) is 22.3. The molecule has 0 N–H and O–H groups in total. The average molecular weight is 417 g/mol. The van der Waals surface area contributed by atoms with Crippen molar-refractivity contribution in [1.82, 2.24) is 0 Å². The molecule has 0 unspecified atom stereocenters. The van der Waals surface area contributed by atoms with Gasteiger partial charge in [0, 0.05) is 24.0 Å². The van der Waals surface area contributed by atoms with E-state index in [1.807, 2.05) is 0 Å². The molecule has 0 nitrogen and oxygen atoms in total. The van der Waals surface area contributed by atoms with E-state index in [2.05, 4.69) is 98.2 Å². The SMILES string of the molecule is CCCCCC#Cc1ccc2cc3cc4cc(C#CCCCCC)ccc4cc3cc2c1. The molecular formula is C32H32. The minimum Gasteiger partial charge on any atom is -0.0979 e. The lowest BCUT2D eigenvalue weighted by Gasteiger charge is -2.06. The van der Waals surface area contributed by atoms with Crippen LogP contribution in [0.15, 0.2) is 60.7 Å². The van der Waals surface area contributed by atoms with Crippen LogP contribution in [0.25, 0.3) is 32.3 Å². The third-order valence-electron chi connectivity index (χ3n) is 6.03. The molecule has 0 aliphatic rings. The van der Waals surface area contributed by atoms with E-state index in [0.29, 0.717) is 0 Å². The van der Waals surface area contributed by atoms with Crippen LogP contribution in [0.1, 0.15) is 76.3 Å². The van der Waals surface area contributed by atoms with Crippen molar-refractivity contribution in [2.45, 2.75) is 65.2 Å². The molecular weight excluding hydrogens is 384 g/mol. The van der Waals surface area contributed by atoms with Crippen LogP contribution < -0.4 is 0 Å². The maximum Gasteiger partial charge on any atom is 0.0251 e. The molecule has 32 heavy (non-hydrogen) atoms. The van der Waals surface area contributed by atoms with Crippen LogP contribution in [-0.2, 0) is 0 Å². The van der Waals surface area contributed by atoms with Gasteiger partial charge in [-0.1, -0.05) is 75.3 Å². The van der Waals surface area contributed by atoms with Crippen LogP contribution in [0.2, 0.25) is 0 Å². The fraction of sp³-hybridized carbons (Fsp3) is 0.312. The zero-order chi connectivity index (χ0) is 22.2. The molecule has 0 aliphatic heterocycles. The van der Waals surface area contributed by atoms with Gasteiger partial charge in [0.2, 0.25) is 0 Å². The number of benzene rings is 4. The lowest BCUT2D eigenvalue weighted by molar-refractivity contribution is 0.737. The van der Waals surface area contributed by atoms with Crippen LogP contribution in [-0.4, -0.2) is 0 Å². The Labute approximate surface area is 193 Å². The molecule has 0 heteroatoms. The molecule has 0 spiro atoms. The summed E-state index contributed by atoms with van der Waals surface area (Å²) >= 11 is 0. The molecule has 0 fully saturated rings. The minimum atomic E-state index is 0.987. The number of hydrogen-bond donors (Lipinski definition) is 0. The topological polar surface area (TPSA) is 0 Å². The monoisotopic (exact) mass is 416 g/mol. The van der Waals surface area contributed by atoms with Gasteiger partial charge >= 0.3 is 0 Å². The van der Waals surface area contributed by atoms with Gasteiger partial charge in [0.15, 0.2) is 0 Å². The molecule has 0 bridgehead atoms. The second-order valence-corrected chi connectivity index (χ2v) is 8.69. The van der Waals surface area contributed by atoms with E-state index in [9.17, 15) is 0 Å². The minimum absolute atomic E-state index is 0.987. The predicted octanol–water partition coefficient (Wildman–Crippen LogP) is 9.01. The average Bonchev–Trinajstić information content (AvgIpc) is 2.81. The summed E-state index contributed by atoms with van der Waals surface area (Å²) in [4.78, 5) is 0. The van der Waals surface area contributed by atoms with Crippen LogP contribution in [0.3, 0.4) is 0 Å². The fourth-order valence-electron chi connectivity index (χ4n) is 4.16. The van der Waals surface area contributed by atoms with Crippen molar-refractivity contribution in [1.29, 1.82) is 0 Å². The van der Waals surface area contributed by atoms with Gasteiger partial charge in [-0.3, -0.25) is 0 Å².